The maximum atomic E-state index is 5.85. The summed E-state index contributed by atoms with van der Waals surface area (Å²) >= 11 is 1.72. The summed E-state index contributed by atoms with van der Waals surface area (Å²) in [7, 11) is 0. The summed E-state index contributed by atoms with van der Waals surface area (Å²) in [6.07, 6.45) is 2.07. The minimum Gasteiger partial charge on any atom is -0.455 e. The second-order valence-corrected chi connectivity index (χ2v) is 4.28. The number of fused-ring (bicyclic) bond motifs is 3. The maximum absolute atomic E-state index is 5.85. The average molecular weight is 214 g/mol. The van der Waals surface area contributed by atoms with Crippen LogP contribution in [-0.2, 0) is 0 Å². The lowest BCUT2D eigenvalue weighted by molar-refractivity contribution is 0.660. The second-order valence-electron chi connectivity index (χ2n) is 3.44. The van der Waals surface area contributed by atoms with E-state index < -0.39 is 0 Å². The molecule has 1 aromatic heterocycles. The van der Waals surface area contributed by atoms with Crippen LogP contribution in [0.4, 0.5) is 0 Å². The molecule has 0 radical (unpaired) electrons. The quantitative estimate of drug-likeness (QED) is 0.560. The van der Waals surface area contributed by atoms with Crippen molar-refractivity contribution >= 4 is 33.7 Å². The first kappa shape index (κ1) is 8.86. The van der Waals surface area contributed by atoms with Crippen LogP contribution in [0.1, 0.15) is 0 Å². The van der Waals surface area contributed by atoms with Gasteiger partial charge in [-0.3, -0.25) is 0 Å². The van der Waals surface area contributed by atoms with E-state index in [-0.39, 0.29) is 0 Å². The Hall–Kier alpha value is -1.41. The number of furan rings is 1. The summed E-state index contributed by atoms with van der Waals surface area (Å²) in [4.78, 5) is 1.20. The van der Waals surface area contributed by atoms with Crippen LogP contribution in [0.15, 0.2) is 51.8 Å². The van der Waals surface area contributed by atoms with Crippen LogP contribution in [0.25, 0.3) is 21.9 Å². The Balaban J connectivity index is 2.53. The van der Waals surface area contributed by atoms with Crippen molar-refractivity contribution in [2.24, 2.45) is 0 Å². The fourth-order valence-electron chi connectivity index (χ4n) is 1.88. The van der Waals surface area contributed by atoms with Gasteiger partial charge in [0.2, 0.25) is 0 Å². The lowest BCUT2D eigenvalue weighted by atomic mass is 10.1. The Morgan fingerprint density at radius 1 is 0.933 bits per heavy atom. The van der Waals surface area contributed by atoms with Gasteiger partial charge < -0.3 is 4.42 Å². The highest BCUT2D eigenvalue weighted by molar-refractivity contribution is 7.98. The predicted octanol–water partition coefficient (Wildman–Crippen LogP) is 4.31. The first-order chi connectivity index (χ1) is 7.40. The zero-order valence-electron chi connectivity index (χ0n) is 8.36. The molecule has 0 N–H and O–H groups in total. The molecular formula is C13H10OS. The van der Waals surface area contributed by atoms with Gasteiger partial charge in [0.05, 0.1) is 4.90 Å². The molecule has 2 aromatic carbocycles. The van der Waals surface area contributed by atoms with Crippen LogP contribution >= 0.6 is 11.8 Å². The molecule has 0 saturated heterocycles. The number of rotatable bonds is 1. The monoisotopic (exact) mass is 214 g/mol. The van der Waals surface area contributed by atoms with Gasteiger partial charge >= 0.3 is 0 Å². The highest BCUT2D eigenvalue weighted by atomic mass is 32.2. The van der Waals surface area contributed by atoms with E-state index in [4.69, 9.17) is 4.42 Å². The lowest BCUT2D eigenvalue weighted by Crippen LogP contribution is -1.70. The molecule has 0 aliphatic rings. The Morgan fingerprint density at radius 2 is 1.73 bits per heavy atom. The molecule has 0 fully saturated rings. The first-order valence-corrected chi connectivity index (χ1v) is 6.07. The van der Waals surface area contributed by atoms with Gasteiger partial charge in [0.25, 0.3) is 0 Å². The molecule has 2 heteroatoms. The van der Waals surface area contributed by atoms with Gasteiger partial charge in [-0.05, 0) is 18.4 Å². The molecule has 0 saturated carbocycles. The van der Waals surface area contributed by atoms with Gasteiger partial charge in [0.15, 0.2) is 0 Å². The van der Waals surface area contributed by atoms with Crippen molar-refractivity contribution in [1.82, 2.24) is 0 Å². The van der Waals surface area contributed by atoms with Crippen LogP contribution in [0.5, 0.6) is 0 Å². The Kier molecular flexibility index (Phi) is 1.96. The van der Waals surface area contributed by atoms with Gasteiger partial charge in [0, 0.05) is 10.8 Å². The molecule has 1 heterocycles. The van der Waals surface area contributed by atoms with Crippen molar-refractivity contribution in [3.05, 3.63) is 42.5 Å². The minimum absolute atomic E-state index is 0.967. The molecule has 0 bridgehead atoms. The van der Waals surface area contributed by atoms with Crippen molar-refractivity contribution in [2.75, 3.05) is 6.26 Å². The van der Waals surface area contributed by atoms with E-state index >= 15 is 0 Å². The molecule has 1 nitrogen and oxygen atoms in total. The van der Waals surface area contributed by atoms with E-state index in [2.05, 4.69) is 30.5 Å². The zero-order chi connectivity index (χ0) is 10.3. The molecule has 15 heavy (non-hydrogen) atoms. The van der Waals surface area contributed by atoms with Crippen LogP contribution in [0.3, 0.4) is 0 Å². The highest BCUT2D eigenvalue weighted by Gasteiger charge is 2.08. The molecular weight excluding hydrogens is 204 g/mol. The van der Waals surface area contributed by atoms with E-state index in [0.29, 0.717) is 0 Å². The molecule has 0 aliphatic carbocycles. The summed E-state index contributed by atoms with van der Waals surface area (Å²) in [6.45, 7) is 0. The molecule has 0 aliphatic heterocycles. The predicted molar refractivity (Wildman–Crippen MR) is 65.5 cm³/mol. The van der Waals surface area contributed by atoms with Crippen LogP contribution in [0.2, 0.25) is 0 Å². The van der Waals surface area contributed by atoms with Crippen molar-refractivity contribution in [3.8, 4) is 0 Å². The molecule has 0 spiro atoms. The van der Waals surface area contributed by atoms with E-state index in [1.165, 1.54) is 15.7 Å². The summed E-state index contributed by atoms with van der Waals surface area (Å²) in [5.74, 6) is 0. The minimum atomic E-state index is 0.967. The summed E-state index contributed by atoms with van der Waals surface area (Å²) in [6, 6.07) is 14.4. The number of hydrogen-bond acceptors (Lipinski definition) is 2. The fraction of sp³-hybridized carbons (Fsp3) is 0.0769. The summed E-state index contributed by atoms with van der Waals surface area (Å²) in [5.41, 5.74) is 1.97. The number of para-hydroxylation sites is 2. The van der Waals surface area contributed by atoms with Gasteiger partial charge in [-0.25, -0.2) is 0 Å². The van der Waals surface area contributed by atoms with Crippen molar-refractivity contribution in [1.29, 1.82) is 0 Å². The maximum Gasteiger partial charge on any atom is 0.148 e. The lowest BCUT2D eigenvalue weighted by Gasteiger charge is -1.95. The summed E-state index contributed by atoms with van der Waals surface area (Å²) < 4.78 is 5.85. The Bertz CT molecular complexity index is 625. The zero-order valence-corrected chi connectivity index (χ0v) is 9.17. The third-order valence-corrected chi connectivity index (χ3v) is 3.35. The van der Waals surface area contributed by atoms with Crippen LogP contribution in [-0.4, -0.2) is 6.26 Å². The van der Waals surface area contributed by atoms with Gasteiger partial charge in [-0.1, -0.05) is 30.3 Å². The number of benzene rings is 2. The molecule has 0 amide bonds. The van der Waals surface area contributed by atoms with Crippen molar-refractivity contribution in [3.63, 3.8) is 0 Å². The number of thioether (sulfide) groups is 1. The van der Waals surface area contributed by atoms with Gasteiger partial charge in [-0.15, -0.1) is 11.8 Å². The molecule has 0 atom stereocenters. The highest BCUT2D eigenvalue weighted by Crippen LogP contribution is 2.33. The standard InChI is InChI=1S/C13H10OS/c1-15-12-8-4-6-10-9-5-2-3-7-11(9)14-13(10)12/h2-8H,1H3. The van der Waals surface area contributed by atoms with E-state index in [1.807, 2.05) is 18.2 Å². The van der Waals surface area contributed by atoms with Gasteiger partial charge in [0.1, 0.15) is 11.2 Å². The SMILES string of the molecule is CSc1cccc2c1oc1ccccc12. The van der Waals surface area contributed by atoms with E-state index in [9.17, 15) is 0 Å². The smallest absolute Gasteiger partial charge is 0.148 e. The first-order valence-electron chi connectivity index (χ1n) is 4.84. The average Bonchev–Trinajstić information content (AvgIpc) is 2.67. The second kappa shape index (κ2) is 3.31. The largest absolute Gasteiger partial charge is 0.455 e. The van der Waals surface area contributed by atoms with Crippen LogP contribution < -0.4 is 0 Å². The molecule has 3 rings (SSSR count). The summed E-state index contributed by atoms with van der Waals surface area (Å²) in [5, 5.41) is 2.40. The molecule has 3 aromatic rings. The topological polar surface area (TPSA) is 13.1 Å². The Labute approximate surface area is 92.1 Å². The van der Waals surface area contributed by atoms with Crippen LogP contribution in [0, 0.1) is 0 Å². The molecule has 74 valence electrons. The normalized spacial score (nSPS) is 11.3. The van der Waals surface area contributed by atoms with E-state index in [1.54, 1.807) is 11.8 Å². The van der Waals surface area contributed by atoms with E-state index in [0.717, 1.165) is 11.2 Å². The van der Waals surface area contributed by atoms with Crippen molar-refractivity contribution < 1.29 is 4.42 Å². The third kappa shape index (κ3) is 1.25. The molecule has 0 unspecified atom stereocenters. The van der Waals surface area contributed by atoms with Crippen molar-refractivity contribution in [2.45, 2.75) is 4.90 Å². The third-order valence-electron chi connectivity index (χ3n) is 2.59. The Morgan fingerprint density at radius 3 is 2.60 bits per heavy atom. The fourth-order valence-corrected chi connectivity index (χ4v) is 2.43. The van der Waals surface area contributed by atoms with Gasteiger partial charge in [-0.2, -0.15) is 0 Å². The number of hydrogen-bond donors (Lipinski definition) is 0.